The third-order valence-corrected chi connectivity index (χ3v) is 9.52. The van der Waals surface area contributed by atoms with Crippen LogP contribution in [0.2, 0.25) is 0 Å². The largest absolute Gasteiger partial charge is 0.340 e. The maximum Gasteiger partial charge on any atom is 0.0491 e. The lowest BCUT2D eigenvalue weighted by atomic mass is 10.0. The van der Waals surface area contributed by atoms with E-state index in [0.29, 0.717) is 0 Å². The summed E-state index contributed by atoms with van der Waals surface area (Å²) in [6.07, 6.45) is 11.5. The smallest absolute Gasteiger partial charge is 0.0491 e. The molecule has 0 saturated heterocycles. The second kappa shape index (κ2) is 14.9. The highest BCUT2D eigenvalue weighted by atomic mass is 15.1. The molecule has 0 aliphatic rings. The normalized spacial score (nSPS) is 11.5. The highest BCUT2D eigenvalue weighted by Gasteiger charge is 2.15. The van der Waals surface area contributed by atoms with Gasteiger partial charge in [-0.1, -0.05) is 112 Å². The van der Waals surface area contributed by atoms with Crippen molar-refractivity contribution in [1.29, 1.82) is 0 Å². The Morgan fingerprint density at radius 2 is 1.00 bits per heavy atom. The molecule has 6 rings (SSSR count). The summed E-state index contributed by atoms with van der Waals surface area (Å²) in [7, 11) is 0. The highest BCUT2D eigenvalue weighted by Crippen LogP contribution is 2.38. The molecule has 0 atom stereocenters. The van der Waals surface area contributed by atoms with Crippen LogP contribution in [-0.4, -0.2) is 4.57 Å². The zero-order valence-corrected chi connectivity index (χ0v) is 28.4. The average molecular weight is 607 g/mol. The molecule has 6 aromatic rings. The SMILES string of the molecule is CCCCCCCCn1c2ccc(C)cc2c2cc(-c3ccc(N(c4ccc(C)cc4)c4ccc(CCCC)cc4)cc3)ccc21. The van der Waals surface area contributed by atoms with Crippen molar-refractivity contribution in [3.8, 4) is 11.1 Å². The van der Waals surface area contributed by atoms with Gasteiger partial charge in [-0.3, -0.25) is 0 Å². The van der Waals surface area contributed by atoms with E-state index in [0.717, 1.165) is 13.0 Å². The topological polar surface area (TPSA) is 8.17 Å². The molecule has 0 aliphatic heterocycles. The van der Waals surface area contributed by atoms with E-state index in [1.807, 2.05) is 0 Å². The van der Waals surface area contributed by atoms with Crippen molar-refractivity contribution >= 4 is 38.9 Å². The molecular formula is C44H50N2. The Labute approximate surface area is 276 Å². The van der Waals surface area contributed by atoms with Gasteiger partial charge in [-0.2, -0.15) is 0 Å². The Morgan fingerprint density at radius 1 is 0.478 bits per heavy atom. The van der Waals surface area contributed by atoms with Crippen LogP contribution in [0.5, 0.6) is 0 Å². The Hall–Kier alpha value is -4.30. The van der Waals surface area contributed by atoms with Gasteiger partial charge in [-0.25, -0.2) is 0 Å². The van der Waals surface area contributed by atoms with Gasteiger partial charge in [0.25, 0.3) is 0 Å². The first-order valence-electron chi connectivity index (χ1n) is 17.6. The summed E-state index contributed by atoms with van der Waals surface area (Å²) in [5.41, 5.74) is 12.7. The van der Waals surface area contributed by atoms with Gasteiger partial charge in [0, 0.05) is 45.4 Å². The summed E-state index contributed by atoms with van der Waals surface area (Å²) in [4.78, 5) is 2.37. The summed E-state index contributed by atoms with van der Waals surface area (Å²) >= 11 is 0. The second-order valence-electron chi connectivity index (χ2n) is 13.2. The van der Waals surface area contributed by atoms with Crippen LogP contribution in [0, 0.1) is 13.8 Å². The molecule has 0 unspecified atom stereocenters. The number of aryl methyl sites for hydroxylation is 4. The Balaban J connectivity index is 1.31. The molecule has 0 saturated carbocycles. The maximum absolute atomic E-state index is 2.56. The van der Waals surface area contributed by atoms with Crippen molar-refractivity contribution in [1.82, 2.24) is 4.57 Å². The predicted octanol–water partition coefficient (Wildman–Crippen LogP) is 13.3. The van der Waals surface area contributed by atoms with Crippen molar-refractivity contribution in [3.05, 3.63) is 126 Å². The number of benzene rings is 5. The zero-order valence-electron chi connectivity index (χ0n) is 28.4. The van der Waals surface area contributed by atoms with Gasteiger partial charge >= 0.3 is 0 Å². The monoisotopic (exact) mass is 606 g/mol. The average Bonchev–Trinajstić information content (AvgIpc) is 3.39. The number of unbranched alkanes of at least 4 members (excludes halogenated alkanes) is 6. The van der Waals surface area contributed by atoms with Gasteiger partial charge in [-0.05, 0) is 110 Å². The van der Waals surface area contributed by atoms with Crippen LogP contribution in [0.15, 0.2) is 109 Å². The van der Waals surface area contributed by atoms with Gasteiger partial charge in [0.15, 0.2) is 0 Å². The van der Waals surface area contributed by atoms with Crippen LogP contribution in [0.1, 0.15) is 81.9 Å². The Kier molecular flexibility index (Phi) is 10.2. The quantitative estimate of drug-likeness (QED) is 0.112. The van der Waals surface area contributed by atoms with Gasteiger partial charge in [0.05, 0.1) is 0 Å². The van der Waals surface area contributed by atoms with Crippen LogP contribution < -0.4 is 4.90 Å². The van der Waals surface area contributed by atoms with E-state index in [1.165, 1.54) is 118 Å². The summed E-state index contributed by atoms with van der Waals surface area (Å²) in [5, 5.41) is 2.73. The van der Waals surface area contributed by atoms with Crippen molar-refractivity contribution in [3.63, 3.8) is 0 Å². The molecule has 0 radical (unpaired) electrons. The second-order valence-corrected chi connectivity index (χ2v) is 13.2. The fraction of sp³-hybridized carbons (Fsp3) is 0.318. The number of rotatable bonds is 14. The zero-order chi connectivity index (χ0) is 31.9. The molecule has 0 aliphatic carbocycles. The van der Waals surface area contributed by atoms with Gasteiger partial charge in [0.2, 0.25) is 0 Å². The Bertz CT molecular complexity index is 1860. The molecule has 1 heterocycles. The summed E-state index contributed by atoms with van der Waals surface area (Å²) < 4.78 is 2.56. The summed E-state index contributed by atoms with van der Waals surface area (Å²) in [6, 6.07) is 41.1. The van der Waals surface area contributed by atoms with Gasteiger partial charge < -0.3 is 9.47 Å². The number of hydrogen-bond acceptors (Lipinski definition) is 1. The lowest BCUT2D eigenvalue weighted by Gasteiger charge is -2.26. The predicted molar refractivity (Wildman–Crippen MR) is 201 cm³/mol. The number of anilines is 3. The molecule has 0 amide bonds. The van der Waals surface area contributed by atoms with Crippen LogP contribution in [0.3, 0.4) is 0 Å². The van der Waals surface area contributed by atoms with Crippen molar-refractivity contribution in [2.45, 2.75) is 92.0 Å². The molecule has 0 spiro atoms. The minimum Gasteiger partial charge on any atom is -0.340 e. The van der Waals surface area contributed by atoms with Crippen molar-refractivity contribution in [2.75, 3.05) is 4.90 Å². The third-order valence-electron chi connectivity index (χ3n) is 9.52. The van der Waals surface area contributed by atoms with E-state index in [4.69, 9.17) is 0 Å². The molecule has 0 fully saturated rings. The molecule has 1 aromatic heterocycles. The standard InChI is InChI=1S/C44H50N2/c1-5-7-9-10-11-12-30-45-43-28-16-34(4)31-41(43)42-32-37(21-29-44(42)45)36-19-26-40(27-20-36)46(38-22-14-33(3)15-23-38)39-24-17-35(18-25-39)13-8-6-2/h14-29,31-32H,5-13,30H2,1-4H3. The van der Waals surface area contributed by atoms with Crippen LogP contribution >= 0.6 is 0 Å². The van der Waals surface area contributed by atoms with Crippen LogP contribution in [-0.2, 0) is 13.0 Å². The van der Waals surface area contributed by atoms with E-state index < -0.39 is 0 Å². The fourth-order valence-corrected chi connectivity index (χ4v) is 6.83. The molecule has 0 bridgehead atoms. The van der Waals surface area contributed by atoms with Crippen LogP contribution in [0.25, 0.3) is 32.9 Å². The minimum absolute atomic E-state index is 1.08. The number of hydrogen-bond donors (Lipinski definition) is 0. The van der Waals surface area contributed by atoms with Crippen molar-refractivity contribution < 1.29 is 0 Å². The lowest BCUT2D eigenvalue weighted by Crippen LogP contribution is -2.10. The lowest BCUT2D eigenvalue weighted by molar-refractivity contribution is 0.571. The minimum atomic E-state index is 1.08. The molecule has 2 nitrogen and oxygen atoms in total. The van der Waals surface area contributed by atoms with E-state index in [9.17, 15) is 0 Å². The molecule has 5 aromatic carbocycles. The molecule has 236 valence electrons. The highest BCUT2D eigenvalue weighted by molar-refractivity contribution is 6.09. The first-order valence-corrected chi connectivity index (χ1v) is 17.6. The number of aromatic nitrogens is 1. The first kappa shape index (κ1) is 31.7. The van der Waals surface area contributed by atoms with E-state index in [1.54, 1.807) is 0 Å². The molecule has 0 N–H and O–H groups in total. The third kappa shape index (κ3) is 7.07. The van der Waals surface area contributed by atoms with Gasteiger partial charge in [0.1, 0.15) is 0 Å². The van der Waals surface area contributed by atoms with E-state index in [2.05, 4.69) is 146 Å². The molecule has 46 heavy (non-hydrogen) atoms. The molecular weight excluding hydrogens is 556 g/mol. The number of nitrogens with zero attached hydrogens (tertiary/aromatic N) is 2. The van der Waals surface area contributed by atoms with Gasteiger partial charge in [-0.15, -0.1) is 0 Å². The summed E-state index contributed by atoms with van der Waals surface area (Å²) in [5.74, 6) is 0. The Morgan fingerprint density at radius 3 is 1.67 bits per heavy atom. The first-order chi connectivity index (χ1) is 22.6. The van der Waals surface area contributed by atoms with Crippen molar-refractivity contribution in [2.24, 2.45) is 0 Å². The maximum atomic E-state index is 2.56. The van der Waals surface area contributed by atoms with Crippen LogP contribution in [0.4, 0.5) is 17.1 Å². The van der Waals surface area contributed by atoms with E-state index in [-0.39, 0.29) is 0 Å². The van der Waals surface area contributed by atoms with E-state index >= 15 is 0 Å². The molecule has 2 heteroatoms. The fourth-order valence-electron chi connectivity index (χ4n) is 6.83. The summed E-state index contributed by atoms with van der Waals surface area (Å²) in [6.45, 7) is 9.98. The number of fused-ring (bicyclic) bond motifs is 3.